The Kier molecular flexibility index (Phi) is 2.47. The van der Waals surface area contributed by atoms with E-state index in [4.69, 9.17) is 20.6 Å². The summed E-state index contributed by atoms with van der Waals surface area (Å²) in [4.78, 5) is 8.72. The Labute approximate surface area is 74.2 Å². The maximum Gasteiger partial charge on any atom is 0.360 e. The molecule has 0 radical (unpaired) electrons. The molecule has 1 unspecified atom stereocenters. The van der Waals surface area contributed by atoms with Crippen LogP contribution in [0.5, 0.6) is 11.5 Å². The monoisotopic (exact) mass is 204 g/mol. The van der Waals surface area contributed by atoms with Gasteiger partial charge in [-0.05, 0) is 12.1 Å². The van der Waals surface area contributed by atoms with Crippen LogP contribution >= 0.6 is 7.67 Å². The van der Waals surface area contributed by atoms with E-state index in [1.165, 1.54) is 12.1 Å². The zero-order chi connectivity index (χ0) is 10.1. The van der Waals surface area contributed by atoms with Crippen molar-refractivity contribution in [3.8, 4) is 11.5 Å². The first-order valence-electron chi connectivity index (χ1n) is 3.30. The van der Waals surface area contributed by atoms with Gasteiger partial charge in [-0.1, -0.05) is 0 Å². The van der Waals surface area contributed by atoms with Gasteiger partial charge in [0.05, 0.1) is 5.69 Å². The van der Waals surface area contributed by atoms with Crippen LogP contribution in [0.1, 0.15) is 0 Å². The first-order chi connectivity index (χ1) is 5.88. The molecule has 0 saturated carbocycles. The summed E-state index contributed by atoms with van der Waals surface area (Å²) in [5, 5.41) is 20.1. The molecule has 72 valence electrons. The number of aromatic hydroxyl groups is 2. The van der Waals surface area contributed by atoms with E-state index in [1.54, 1.807) is 0 Å². The number of nitrogens with one attached hydrogen (secondary N) is 1. The number of anilines is 1. The molecule has 7 heteroatoms. The first kappa shape index (κ1) is 9.85. The van der Waals surface area contributed by atoms with Gasteiger partial charge in [-0.25, -0.2) is 10.1 Å². The highest BCUT2D eigenvalue weighted by Gasteiger charge is 2.12. The fraction of sp³-hybridized carbons (Fsp3) is 0. The van der Waals surface area contributed by atoms with Crippen molar-refractivity contribution in [3.05, 3.63) is 18.2 Å². The molecule has 0 aliphatic carbocycles. The fourth-order valence-corrected chi connectivity index (χ4v) is 1.31. The average Bonchev–Trinajstić information content (AvgIpc) is 1.94. The van der Waals surface area contributed by atoms with Crippen molar-refractivity contribution in [2.45, 2.75) is 0 Å². The van der Waals surface area contributed by atoms with E-state index >= 15 is 0 Å². The van der Waals surface area contributed by atoms with E-state index in [0.29, 0.717) is 0 Å². The zero-order valence-corrected chi connectivity index (χ0v) is 7.40. The summed E-state index contributed by atoms with van der Waals surface area (Å²) in [6.07, 6.45) is 0. The lowest BCUT2D eigenvalue weighted by atomic mass is 10.3. The van der Waals surface area contributed by atoms with Crippen LogP contribution in [0.25, 0.3) is 0 Å². The van der Waals surface area contributed by atoms with E-state index in [0.717, 1.165) is 6.07 Å². The number of hydrogen-bond donors (Lipinski definition) is 5. The summed E-state index contributed by atoms with van der Waals surface area (Å²) < 4.78 is 10.7. The molecule has 0 fully saturated rings. The highest BCUT2D eigenvalue weighted by Crippen LogP contribution is 2.37. The predicted molar refractivity (Wildman–Crippen MR) is 47.4 cm³/mol. The summed E-state index contributed by atoms with van der Waals surface area (Å²) in [6.45, 7) is 0. The lowest BCUT2D eigenvalue weighted by Gasteiger charge is -2.10. The molecule has 0 heterocycles. The van der Waals surface area contributed by atoms with E-state index in [2.05, 4.69) is 0 Å². The Bertz CT molecular complexity index is 362. The summed E-state index contributed by atoms with van der Waals surface area (Å²) >= 11 is 0. The van der Waals surface area contributed by atoms with Crippen LogP contribution in [0.4, 0.5) is 5.69 Å². The average molecular weight is 204 g/mol. The normalized spacial score (nSPS) is 14.9. The molecule has 1 rings (SSSR count). The van der Waals surface area contributed by atoms with Crippen LogP contribution in [0, 0.1) is 0 Å². The molecule has 1 aromatic carbocycles. The van der Waals surface area contributed by atoms with Crippen molar-refractivity contribution in [2.75, 3.05) is 5.09 Å². The van der Waals surface area contributed by atoms with Gasteiger partial charge < -0.3 is 15.1 Å². The van der Waals surface area contributed by atoms with Gasteiger partial charge in [-0.3, -0.25) is 5.09 Å². The van der Waals surface area contributed by atoms with Gasteiger partial charge in [0.2, 0.25) is 0 Å². The minimum atomic E-state index is -3.96. The first-order valence-corrected chi connectivity index (χ1v) is 5.03. The van der Waals surface area contributed by atoms with Gasteiger partial charge in [-0.15, -0.1) is 0 Å². The maximum absolute atomic E-state index is 10.7. The smallest absolute Gasteiger partial charge is 0.360 e. The second kappa shape index (κ2) is 3.26. The van der Waals surface area contributed by atoms with Crippen LogP contribution in [-0.2, 0) is 4.57 Å². The van der Waals surface area contributed by atoms with Gasteiger partial charge in [-0.2, -0.15) is 0 Å². The number of hydrogen-bond acceptors (Lipinski definition) is 3. The van der Waals surface area contributed by atoms with E-state index < -0.39 is 7.67 Å². The molecule has 6 nitrogen and oxygen atoms in total. The van der Waals surface area contributed by atoms with Gasteiger partial charge in [0.25, 0.3) is 0 Å². The molecule has 0 spiro atoms. The van der Waals surface area contributed by atoms with Crippen molar-refractivity contribution in [1.29, 1.82) is 0 Å². The zero-order valence-electron chi connectivity index (χ0n) is 6.51. The third kappa shape index (κ3) is 2.95. The fourth-order valence-electron chi connectivity index (χ4n) is 0.786. The lowest BCUT2D eigenvalue weighted by molar-refractivity contribution is 0.460. The minimum absolute atomic E-state index is 0.0895. The molecule has 0 saturated heterocycles. The van der Waals surface area contributed by atoms with Gasteiger partial charge >= 0.3 is 7.67 Å². The van der Waals surface area contributed by atoms with Crippen LogP contribution in [0.2, 0.25) is 0 Å². The van der Waals surface area contributed by atoms with Crippen molar-refractivity contribution in [1.82, 2.24) is 0 Å². The Balaban J connectivity index is 3.01. The maximum atomic E-state index is 10.7. The molecular weight excluding hydrogens is 195 g/mol. The molecule has 1 atom stereocenters. The summed E-state index contributed by atoms with van der Waals surface area (Å²) in [7, 11) is -3.96. The van der Waals surface area contributed by atoms with Crippen molar-refractivity contribution in [3.63, 3.8) is 0 Å². The number of phenols is 2. The number of phenolic OH excluding ortho intramolecular Hbond substituents is 2. The van der Waals surface area contributed by atoms with Gasteiger partial charge in [0.1, 0.15) is 11.5 Å². The Morgan fingerprint density at radius 3 is 2.54 bits per heavy atom. The van der Waals surface area contributed by atoms with Gasteiger partial charge in [0.15, 0.2) is 0 Å². The molecule has 6 N–H and O–H groups in total. The SMILES string of the molecule is NP(=O)(O)Nc1cc(O)ccc1O. The van der Waals surface area contributed by atoms with E-state index in [1.807, 2.05) is 5.09 Å². The second-order valence-corrected chi connectivity index (χ2v) is 3.91. The molecule has 13 heavy (non-hydrogen) atoms. The lowest BCUT2D eigenvalue weighted by Crippen LogP contribution is -2.03. The Hall–Kier alpha value is -1.23. The molecule has 0 aliphatic heterocycles. The highest BCUT2D eigenvalue weighted by atomic mass is 31.2. The molecule has 0 amide bonds. The summed E-state index contributed by atoms with van der Waals surface area (Å²) in [5.41, 5.74) is 4.70. The topological polar surface area (TPSA) is 116 Å². The van der Waals surface area contributed by atoms with E-state index in [9.17, 15) is 4.57 Å². The Morgan fingerprint density at radius 1 is 1.38 bits per heavy atom. The largest absolute Gasteiger partial charge is 0.508 e. The Morgan fingerprint density at radius 2 is 2.00 bits per heavy atom. The number of benzene rings is 1. The van der Waals surface area contributed by atoms with Gasteiger partial charge in [0, 0.05) is 6.07 Å². The molecule has 0 bridgehead atoms. The van der Waals surface area contributed by atoms with Crippen LogP contribution in [0.3, 0.4) is 0 Å². The summed E-state index contributed by atoms with van der Waals surface area (Å²) in [6, 6.07) is 3.50. The van der Waals surface area contributed by atoms with Crippen LogP contribution in [0.15, 0.2) is 18.2 Å². The third-order valence-corrected chi connectivity index (χ3v) is 1.82. The quantitative estimate of drug-likeness (QED) is 0.273. The number of rotatable bonds is 2. The molecule has 0 aromatic heterocycles. The molecule has 1 aromatic rings. The van der Waals surface area contributed by atoms with Crippen molar-refractivity contribution >= 4 is 13.4 Å². The highest BCUT2D eigenvalue weighted by molar-refractivity contribution is 7.57. The van der Waals surface area contributed by atoms with Crippen LogP contribution < -0.4 is 10.6 Å². The van der Waals surface area contributed by atoms with Crippen LogP contribution in [-0.4, -0.2) is 15.1 Å². The standard InChI is InChI=1S/C6H9N2O4P/c7-13(11,12)8-5-3-4(9)1-2-6(5)10/h1-3,9-10H,(H4,7,8,11,12). The van der Waals surface area contributed by atoms with Crippen molar-refractivity contribution < 1.29 is 19.7 Å². The van der Waals surface area contributed by atoms with E-state index in [-0.39, 0.29) is 17.2 Å². The molecule has 0 aliphatic rings. The van der Waals surface area contributed by atoms with Crippen molar-refractivity contribution in [2.24, 2.45) is 5.50 Å². The number of nitrogens with two attached hydrogens (primary N) is 1. The molecular formula is C6H9N2O4P. The summed E-state index contributed by atoms with van der Waals surface area (Å²) in [5.74, 6) is -0.411. The predicted octanol–water partition coefficient (Wildman–Crippen LogP) is 0.569. The second-order valence-electron chi connectivity index (χ2n) is 2.44. The third-order valence-electron chi connectivity index (χ3n) is 1.26. The minimum Gasteiger partial charge on any atom is -0.508 e.